The molecule has 0 bridgehead atoms. The first kappa shape index (κ1) is 33.3. The van der Waals surface area contributed by atoms with Gasteiger partial charge in [0.2, 0.25) is 11.8 Å². The third-order valence-corrected chi connectivity index (χ3v) is 8.68. The zero-order valence-corrected chi connectivity index (χ0v) is 26.4. The molecule has 43 heavy (non-hydrogen) atoms. The molecule has 0 aliphatic heterocycles. The average molecular weight is 631 g/mol. The zero-order chi connectivity index (χ0) is 32.1. The molecule has 0 aliphatic rings. The van der Waals surface area contributed by atoms with Crippen molar-refractivity contribution in [1.29, 1.82) is 0 Å². The number of sulfonamides is 1. The summed E-state index contributed by atoms with van der Waals surface area (Å²) >= 11 is 6.25. The minimum atomic E-state index is -4.61. The molecule has 11 nitrogen and oxygen atoms in total. The fourth-order valence-corrected chi connectivity index (χ4v) is 6.04. The molecular weight excluding hydrogens is 596 g/mol. The first-order chi connectivity index (χ1) is 20.1. The van der Waals surface area contributed by atoms with Gasteiger partial charge in [0.1, 0.15) is 18.3 Å². The maximum absolute atomic E-state index is 14.2. The first-order valence-corrected chi connectivity index (χ1v) is 15.2. The van der Waals surface area contributed by atoms with E-state index in [4.69, 9.17) is 16.3 Å². The summed E-state index contributed by atoms with van der Waals surface area (Å²) in [4.78, 5) is 39.0. The molecule has 230 valence electrons. The van der Waals surface area contributed by atoms with Crippen molar-refractivity contribution in [2.75, 3.05) is 18.0 Å². The van der Waals surface area contributed by atoms with Gasteiger partial charge in [-0.15, -0.1) is 0 Å². The van der Waals surface area contributed by atoms with E-state index in [9.17, 15) is 28.1 Å². The Morgan fingerprint density at radius 2 is 1.74 bits per heavy atom. The number of nitrogens with zero attached hydrogens (tertiary/aromatic N) is 3. The van der Waals surface area contributed by atoms with E-state index in [1.165, 1.54) is 49.3 Å². The van der Waals surface area contributed by atoms with Gasteiger partial charge in [0, 0.05) is 29.2 Å². The zero-order valence-electron chi connectivity index (χ0n) is 24.8. The van der Waals surface area contributed by atoms with Crippen LogP contribution >= 0.6 is 11.6 Å². The van der Waals surface area contributed by atoms with E-state index in [1.807, 2.05) is 25.1 Å². The Hall–Kier alpha value is -4.16. The predicted octanol–water partition coefficient (Wildman–Crippen LogP) is 5.01. The van der Waals surface area contributed by atoms with Crippen LogP contribution in [0.1, 0.15) is 37.5 Å². The Morgan fingerprint density at radius 1 is 1.05 bits per heavy atom. The number of anilines is 1. The van der Waals surface area contributed by atoms with Gasteiger partial charge in [0.25, 0.3) is 15.7 Å². The minimum Gasteiger partial charge on any atom is -0.495 e. The second-order valence-electron chi connectivity index (χ2n) is 10.4. The number of methoxy groups -OCH3 is 1. The summed E-state index contributed by atoms with van der Waals surface area (Å²) in [6.07, 6.45) is 0. The maximum Gasteiger partial charge on any atom is 0.273 e. The van der Waals surface area contributed by atoms with Gasteiger partial charge in [-0.1, -0.05) is 47.5 Å². The summed E-state index contributed by atoms with van der Waals surface area (Å²) in [6.45, 7) is 7.78. The largest absolute Gasteiger partial charge is 0.495 e. The number of nitrogens with one attached hydrogen (secondary N) is 1. The van der Waals surface area contributed by atoms with Crippen LogP contribution in [0.4, 0.5) is 11.4 Å². The number of benzene rings is 3. The van der Waals surface area contributed by atoms with Crippen molar-refractivity contribution in [3.63, 3.8) is 0 Å². The molecule has 0 aromatic heterocycles. The first-order valence-electron chi connectivity index (χ1n) is 13.4. The van der Waals surface area contributed by atoms with Crippen molar-refractivity contribution < 1.29 is 27.7 Å². The van der Waals surface area contributed by atoms with Crippen LogP contribution in [0.25, 0.3) is 0 Å². The molecule has 0 fully saturated rings. The van der Waals surface area contributed by atoms with Crippen LogP contribution in [0.15, 0.2) is 65.6 Å². The third-order valence-electron chi connectivity index (χ3n) is 6.69. The van der Waals surface area contributed by atoms with Crippen LogP contribution in [0.3, 0.4) is 0 Å². The van der Waals surface area contributed by atoms with Crippen LogP contribution < -0.4 is 14.4 Å². The summed E-state index contributed by atoms with van der Waals surface area (Å²) in [5.41, 5.74) is 1.49. The maximum atomic E-state index is 14.2. The summed E-state index contributed by atoms with van der Waals surface area (Å²) in [5.74, 6) is -1.02. The van der Waals surface area contributed by atoms with E-state index in [1.54, 1.807) is 26.8 Å². The normalized spacial score (nSPS) is 12.0. The number of carbonyl (C=O) groups is 2. The van der Waals surface area contributed by atoms with Crippen molar-refractivity contribution >= 4 is 44.8 Å². The summed E-state index contributed by atoms with van der Waals surface area (Å²) in [7, 11) is -3.28. The molecule has 0 saturated carbocycles. The lowest BCUT2D eigenvalue weighted by Gasteiger charge is -2.32. The number of ether oxygens (including phenoxy) is 1. The molecule has 3 rings (SSSR count). The molecule has 13 heteroatoms. The minimum absolute atomic E-state index is 0.0176. The van der Waals surface area contributed by atoms with Crippen LogP contribution in [-0.2, 0) is 26.2 Å². The van der Waals surface area contributed by atoms with Gasteiger partial charge in [0.05, 0.1) is 22.6 Å². The number of nitro groups is 1. The van der Waals surface area contributed by atoms with Crippen LogP contribution in [0, 0.1) is 24.0 Å². The van der Waals surface area contributed by atoms with Crippen molar-refractivity contribution in [1.82, 2.24) is 10.2 Å². The Bertz CT molecular complexity index is 1630. The number of hydrogen-bond acceptors (Lipinski definition) is 7. The Morgan fingerprint density at radius 3 is 2.35 bits per heavy atom. The Labute approximate surface area is 256 Å². The monoisotopic (exact) mass is 630 g/mol. The van der Waals surface area contributed by atoms with Crippen molar-refractivity contribution in [3.8, 4) is 5.75 Å². The van der Waals surface area contributed by atoms with E-state index in [0.29, 0.717) is 0 Å². The van der Waals surface area contributed by atoms with Crippen molar-refractivity contribution in [3.05, 3.63) is 92.5 Å². The second kappa shape index (κ2) is 13.9. The molecule has 0 aliphatic carbocycles. The van der Waals surface area contributed by atoms with E-state index in [0.717, 1.165) is 21.5 Å². The van der Waals surface area contributed by atoms with E-state index >= 15 is 0 Å². The van der Waals surface area contributed by atoms with Gasteiger partial charge in [0.15, 0.2) is 0 Å². The lowest BCUT2D eigenvalue weighted by Crippen LogP contribution is -2.52. The van der Waals surface area contributed by atoms with Crippen LogP contribution in [-0.4, -0.2) is 55.8 Å². The van der Waals surface area contributed by atoms with Gasteiger partial charge in [-0.25, -0.2) is 8.42 Å². The molecule has 1 N–H and O–H groups in total. The van der Waals surface area contributed by atoms with Gasteiger partial charge in [-0.3, -0.25) is 24.0 Å². The fraction of sp³-hybridized carbons (Fsp3) is 0.333. The topological polar surface area (TPSA) is 139 Å². The molecular formula is C30H35ClN4O7S. The van der Waals surface area contributed by atoms with Crippen LogP contribution in [0.2, 0.25) is 5.02 Å². The highest BCUT2D eigenvalue weighted by atomic mass is 35.5. The number of halogens is 1. The lowest BCUT2D eigenvalue weighted by molar-refractivity contribution is -0.385. The summed E-state index contributed by atoms with van der Waals surface area (Å²) < 4.78 is 34.5. The number of carbonyl (C=O) groups excluding carboxylic acids is 2. The highest BCUT2D eigenvalue weighted by Gasteiger charge is 2.35. The number of nitro benzene ring substituents is 1. The quantitative estimate of drug-likeness (QED) is 0.219. The predicted molar refractivity (Wildman–Crippen MR) is 165 cm³/mol. The molecule has 0 saturated heterocycles. The average Bonchev–Trinajstić information content (AvgIpc) is 2.93. The number of aryl methyl sites for hydroxylation is 2. The SMILES string of the molecule is COc1ccc(Cl)cc1N(CC(=O)N(Cc1cccc(C)c1)C(C)C(=O)NC(C)C)S(=O)(=O)c1ccc(C)c([N+](=O)[O-])c1. The van der Waals surface area contributed by atoms with Gasteiger partial charge < -0.3 is 15.0 Å². The summed E-state index contributed by atoms with van der Waals surface area (Å²) in [5, 5.41) is 14.6. The molecule has 0 heterocycles. The molecule has 1 unspecified atom stereocenters. The number of amides is 2. The number of hydrogen-bond donors (Lipinski definition) is 1. The Balaban J connectivity index is 2.17. The van der Waals surface area contributed by atoms with Gasteiger partial charge in [-0.05, 0) is 64.4 Å². The Kier molecular flexibility index (Phi) is 10.8. The van der Waals surface area contributed by atoms with E-state index in [-0.39, 0.29) is 34.6 Å². The molecule has 1 atom stereocenters. The van der Waals surface area contributed by atoms with Crippen molar-refractivity contribution in [2.24, 2.45) is 0 Å². The standard InChI is InChI=1S/C30H35ClN4O7S/c1-19(2)32-30(37)22(5)33(17-23-9-7-8-20(3)14-23)29(36)18-34(27-15-24(31)11-13-28(27)42-6)43(40,41)25-12-10-21(4)26(16-25)35(38)39/h7-16,19,22H,17-18H2,1-6H3,(H,32,37). The smallest absolute Gasteiger partial charge is 0.273 e. The highest BCUT2D eigenvalue weighted by Crippen LogP contribution is 2.36. The van der Waals surface area contributed by atoms with E-state index < -0.39 is 49.9 Å². The molecule has 0 radical (unpaired) electrons. The highest BCUT2D eigenvalue weighted by molar-refractivity contribution is 7.92. The molecule has 3 aromatic rings. The second-order valence-corrected chi connectivity index (χ2v) is 12.7. The van der Waals surface area contributed by atoms with Crippen molar-refractivity contribution in [2.45, 2.75) is 58.1 Å². The molecule has 2 amide bonds. The number of rotatable bonds is 12. The third kappa shape index (κ3) is 8.02. The van der Waals surface area contributed by atoms with Crippen LogP contribution in [0.5, 0.6) is 5.75 Å². The molecule has 3 aromatic carbocycles. The van der Waals surface area contributed by atoms with E-state index in [2.05, 4.69) is 5.32 Å². The summed E-state index contributed by atoms with van der Waals surface area (Å²) in [6, 6.07) is 14.0. The van der Waals surface area contributed by atoms with Gasteiger partial charge >= 0.3 is 0 Å². The molecule has 0 spiro atoms. The van der Waals surface area contributed by atoms with Gasteiger partial charge in [-0.2, -0.15) is 0 Å². The fourth-order valence-electron chi connectivity index (χ4n) is 4.44. The lowest BCUT2D eigenvalue weighted by atomic mass is 10.1.